The maximum absolute atomic E-state index is 12.8. The standard InChI is InChI=1S/C49H95O13P/c1-3-5-7-9-11-13-15-17-18-19-20-21-22-23-24-26-27-29-31-33-35-37-42(50)59-39-41(40-60-63(57,58)62-49-47(55)45(53)44(52)46(54)48(49)56)61-43(51)38-36-34-32-30-28-25-16-14-12-10-8-6-4-2/h41,44-49,52-56H,3-40H2,1-2H3,(H,57,58)/t41-,44?,45-,46?,47?,48?,49?/m0/s1. The molecule has 0 saturated heterocycles. The summed E-state index contributed by atoms with van der Waals surface area (Å²) in [5, 5.41) is 50.2. The van der Waals surface area contributed by atoms with E-state index in [4.69, 9.17) is 18.5 Å². The maximum Gasteiger partial charge on any atom is 0.472 e. The lowest BCUT2D eigenvalue weighted by atomic mass is 9.85. The minimum atomic E-state index is -5.11. The monoisotopic (exact) mass is 923 g/mol. The summed E-state index contributed by atoms with van der Waals surface area (Å²) in [6, 6.07) is 0. The van der Waals surface area contributed by atoms with Gasteiger partial charge in [0.2, 0.25) is 0 Å². The van der Waals surface area contributed by atoms with E-state index < -0.39 is 75.7 Å². The molecule has 8 atom stereocenters. The first kappa shape index (κ1) is 59.9. The third-order valence-corrected chi connectivity index (χ3v) is 13.4. The Hall–Kier alpha value is -1.15. The van der Waals surface area contributed by atoms with Gasteiger partial charge in [0.25, 0.3) is 0 Å². The number of hydrogen-bond donors (Lipinski definition) is 6. The fraction of sp³-hybridized carbons (Fsp3) is 0.959. The van der Waals surface area contributed by atoms with Crippen molar-refractivity contribution in [3.05, 3.63) is 0 Å². The van der Waals surface area contributed by atoms with Crippen molar-refractivity contribution in [2.24, 2.45) is 0 Å². The third-order valence-electron chi connectivity index (χ3n) is 12.4. The Morgan fingerprint density at radius 1 is 0.429 bits per heavy atom. The molecule has 0 bridgehead atoms. The average Bonchev–Trinajstić information content (AvgIpc) is 3.26. The molecule has 374 valence electrons. The van der Waals surface area contributed by atoms with E-state index in [1.165, 1.54) is 167 Å². The number of ether oxygens (including phenoxy) is 2. The molecule has 0 heterocycles. The van der Waals surface area contributed by atoms with Crippen LogP contribution in [0.25, 0.3) is 0 Å². The molecule has 0 aromatic carbocycles. The van der Waals surface area contributed by atoms with Crippen LogP contribution in [0.3, 0.4) is 0 Å². The molecule has 0 aromatic heterocycles. The maximum atomic E-state index is 12.8. The van der Waals surface area contributed by atoms with Crippen molar-refractivity contribution >= 4 is 19.8 Å². The molecule has 0 radical (unpaired) electrons. The fourth-order valence-electron chi connectivity index (χ4n) is 8.29. The van der Waals surface area contributed by atoms with E-state index in [0.29, 0.717) is 12.8 Å². The quantitative estimate of drug-likeness (QED) is 0.0191. The van der Waals surface area contributed by atoms with Crippen molar-refractivity contribution in [1.82, 2.24) is 0 Å². The van der Waals surface area contributed by atoms with E-state index in [1.807, 2.05) is 0 Å². The van der Waals surface area contributed by atoms with Gasteiger partial charge in [-0.1, -0.05) is 219 Å². The number of carbonyl (C=O) groups is 2. The van der Waals surface area contributed by atoms with Crippen LogP contribution in [0.5, 0.6) is 0 Å². The van der Waals surface area contributed by atoms with Gasteiger partial charge in [-0.05, 0) is 12.8 Å². The molecule has 1 rings (SSSR count). The van der Waals surface area contributed by atoms with E-state index in [-0.39, 0.29) is 12.8 Å². The second-order valence-corrected chi connectivity index (χ2v) is 19.8. The first-order valence-corrected chi connectivity index (χ1v) is 27.3. The normalized spacial score (nSPS) is 21.6. The Balaban J connectivity index is 2.34. The van der Waals surface area contributed by atoms with E-state index in [2.05, 4.69) is 13.8 Å². The molecule has 0 amide bonds. The van der Waals surface area contributed by atoms with Gasteiger partial charge in [-0.2, -0.15) is 0 Å². The smallest absolute Gasteiger partial charge is 0.462 e. The predicted octanol–water partition coefficient (Wildman–Crippen LogP) is 10.8. The first-order chi connectivity index (χ1) is 30.4. The van der Waals surface area contributed by atoms with E-state index >= 15 is 0 Å². The number of rotatable bonds is 44. The number of carbonyl (C=O) groups excluding carboxylic acids is 2. The number of phosphoric acid groups is 1. The molecule has 1 fully saturated rings. The summed E-state index contributed by atoms with van der Waals surface area (Å²) in [6.07, 6.45) is 28.7. The molecule has 63 heavy (non-hydrogen) atoms. The van der Waals surface area contributed by atoms with Crippen LogP contribution in [0.2, 0.25) is 0 Å². The summed E-state index contributed by atoms with van der Waals surface area (Å²) in [5.41, 5.74) is 0. The van der Waals surface area contributed by atoms with Crippen LogP contribution in [-0.2, 0) is 32.7 Å². The minimum Gasteiger partial charge on any atom is -0.462 e. The summed E-state index contributed by atoms with van der Waals surface area (Å²) in [5.74, 6) is -1.08. The molecule has 0 aliphatic heterocycles. The van der Waals surface area contributed by atoms with Crippen molar-refractivity contribution in [3.8, 4) is 0 Å². The predicted molar refractivity (Wildman–Crippen MR) is 249 cm³/mol. The first-order valence-electron chi connectivity index (χ1n) is 25.8. The van der Waals surface area contributed by atoms with Crippen LogP contribution in [0.1, 0.15) is 245 Å². The molecule has 0 aromatic rings. The molecular formula is C49H95O13P. The number of unbranched alkanes of at least 4 members (excludes halogenated alkanes) is 32. The lowest BCUT2D eigenvalue weighted by Crippen LogP contribution is -2.64. The summed E-state index contributed by atoms with van der Waals surface area (Å²) in [4.78, 5) is 35.8. The van der Waals surface area contributed by atoms with Crippen molar-refractivity contribution in [2.45, 2.75) is 288 Å². The molecule has 6 N–H and O–H groups in total. The third kappa shape index (κ3) is 32.2. The SMILES string of the molecule is CCCCCCCCCCCCCCCCCCCCCCCC(=O)OC[C@@H](COP(=O)(O)OC1C(O)C(O)C(O)[C@H](O)C1O)OC(=O)CCCCCCCCCCCCCCC. The Labute approximate surface area is 382 Å². The largest absolute Gasteiger partial charge is 0.472 e. The van der Waals surface area contributed by atoms with Gasteiger partial charge in [0.05, 0.1) is 6.61 Å². The number of phosphoric ester groups is 1. The highest BCUT2D eigenvalue weighted by molar-refractivity contribution is 7.47. The summed E-state index contributed by atoms with van der Waals surface area (Å²) < 4.78 is 33.6. The lowest BCUT2D eigenvalue weighted by Gasteiger charge is -2.41. The summed E-state index contributed by atoms with van der Waals surface area (Å²) in [7, 11) is -5.11. The molecule has 13 nitrogen and oxygen atoms in total. The Morgan fingerprint density at radius 2 is 0.714 bits per heavy atom. The molecule has 1 aliphatic carbocycles. The highest BCUT2D eigenvalue weighted by Gasteiger charge is 2.51. The molecule has 1 saturated carbocycles. The number of esters is 2. The van der Waals surface area contributed by atoms with Crippen LogP contribution >= 0.6 is 7.82 Å². The van der Waals surface area contributed by atoms with Crippen molar-refractivity contribution in [1.29, 1.82) is 0 Å². The summed E-state index contributed by atoms with van der Waals surface area (Å²) in [6.45, 7) is 3.34. The van der Waals surface area contributed by atoms with Gasteiger partial charge in [-0.25, -0.2) is 4.57 Å². The minimum absolute atomic E-state index is 0.105. The van der Waals surface area contributed by atoms with Gasteiger partial charge in [-0.15, -0.1) is 0 Å². The average molecular weight is 923 g/mol. The van der Waals surface area contributed by atoms with Gasteiger partial charge >= 0.3 is 19.8 Å². The fourth-order valence-corrected chi connectivity index (χ4v) is 9.26. The highest BCUT2D eigenvalue weighted by Crippen LogP contribution is 2.47. The van der Waals surface area contributed by atoms with Gasteiger partial charge in [-0.3, -0.25) is 18.6 Å². The summed E-state index contributed by atoms with van der Waals surface area (Å²) >= 11 is 0. The van der Waals surface area contributed by atoms with Gasteiger partial charge < -0.3 is 39.9 Å². The molecule has 1 aliphatic rings. The zero-order valence-electron chi connectivity index (χ0n) is 39.9. The van der Waals surface area contributed by atoms with Crippen LogP contribution < -0.4 is 0 Å². The second kappa shape index (κ2) is 40.0. The zero-order valence-corrected chi connectivity index (χ0v) is 40.8. The number of aliphatic hydroxyl groups is 5. The Bertz CT molecular complexity index is 1110. The molecule has 6 unspecified atom stereocenters. The second-order valence-electron chi connectivity index (χ2n) is 18.4. The van der Waals surface area contributed by atoms with E-state index in [1.54, 1.807) is 0 Å². The highest BCUT2D eigenvalue weighted by atomic mass is 31.2. The van der Waals surface area contributed by atoms with Gasteiger partial charge in [0.15, 0.2) is 6.10 Å². The Kier molecular flexibility index (Phi) is 38.0. The Morgan fingerprint density at radius 3 is 1.05 bits per heavy atom. The van der Waals surface area contributed by atoms with Gasteiger partial charge in [0.1, 0.15) is 43.2 Å². The molecule has 0 spiro atoms. The van der Waals surface area contributed by atoms with Crippen molar-refractivity contribution in [2.75, 3.05) is 13.2 Å². The van der Waals surface area contributed by atoms with E-state index in [9.17, 15) is 44.6 Å². The van der Waals surface area contributed by atoms with Crippen LogP contribution in [0.15, 0.2) is 0 Å². The molecule has 14 heteroatoms. The van der Waals surface area contributed by atoms with Crippen LogP contribution in [0, 0.1) is 0 Å². The van der Waals surface area contributed by atoms with E-state index in [0.717, 1.165) is 38.5 Å². The number of aliphatic hydroxyl groups excluding tert-OH is 5. The van der Waals surface area contributed by atoms with Crippen LogP contribution in [0.4, 0.5) is 0 Å². The molecular weight excluding hydrogens is 827 g/mol. The van der Waals surface area contributed by atoms with Crippen LogP contribution in [-0.4, -0.2) is 98.3 Å². The topological polar surface area (TPSA) is 210 Å². The van der Waals surface area contributed by atoms with Crippen molar-refractivity contribution in [3.63, 3.8) is 0 Å². The zero-order chi connectivity index (χ0) is 46.4. The van der Waals surface area contributed by atoms with Crippen molar-refractivity contribution < 1.29 is 63.1 Å². The number of hydrogen-bond acceptors (Lipinski definition) is 12. The van der Waals surface area contributed by atoms with Gasteiger partial charge in [0, 0.05) is 12.8 Å². The lowest BCUT2D eigenvalue weighted by molar-refractivity contribution is -0.220.